The van der Waals surface area contributed by atoms with E-state index in [1.807, 2.05) is 11.8 Å². The molecule has 5 nitrogen and oxygen atoms in total. The van der Waals surface area contributed by atoms with Crippen LogP contribution in [0.2, 0.25) is 0 Å². The van der Waals surface area contributed by atoms with Gasteiger partial charge in [0, 0.05) is 6.54 Å². The Kier molecular flexibility index (Phi) is 4.93. The summed E-state index contributed by atoms with van der Waals surface area (Å²) in [5.74, 6) is -0.196. The van der Waals surface area contributed by atoms with Gasteiger partial charge in [-0.05, 0) is 37.1 Å². The van der Waals surface area contributed by atoms with E-state index in [4.69, 9.17) is 0 Å². The number of unbranched alkanes of at least 4 members (excludes halogenated alkanes) is 1. The number of benzene rings is 1. The first-order chi connectivity index (χ1) is 12.1. The summed E-state index contributed by atoms with van der Waals surface area (Å²) in [5.41, 5.74) is -5.20. The molecule has 1 aromatic carbocycles. The van der Waals surface area contributed by atoms with Gasteiger partial charge in [-0.25, -0.2) is 0 Å². The van der Waals surface area contributed by atoms with Crippen LogP contribution in [0.25, 0.3) is 0 Å². The second-order valence-electron chi connectivity index (χ2n) is 6.20. The Hall–Kier alpha value is -1.42. The van der Waals surface area contributed by atoms with E-state index in [1.54, 1.807) is 6.07 Å². The van der Waals surface area contributed by atoms with Gasteiger partial charge in [-0.3, -0.25) is 4.79 Å². The van der Waals surface area contributed by atoms with Crippen molar-refractivity contribution >= 4 is 33.4 Å². The number of anilines is 1. The maximum atomic E-state index is 13.1. The fourth-order valence-electron chi connectivity index (χ4n) is 3.35. The van der Waals surface area contributed by atoms with E-state index in [9.17, 15) is 26.4 Å². The summed E-state index contributed by atoms with van der Waals surface area (Å²) in [7, 11) is -5.84. The highest BCUT2D eigenvalue weighted by molar-refractivity contribution is 8.01. The Labute approximate surface area is 154 Å². The highest BCUT2D eigenvalue weighted by Crippen LogP contribution is 2.53. The molecule has 144 valence electrons. The standard InChI is InChI=1S/C16H18F3NO4S2/c1-2-3-10-25-15-8-5-9-20(15)11-6-4-7-12(13(11)14(15)21)24-26(22,23)16(17,18)19/h4,6-7H,2-3,5,8-10H2,1H3. The van der Waals surface area contributed by atoms with Crippen molar-refractivity contribution in [3.8, 4) is 5.75 Å². The van der Waals surface area contributed by atoms with Crippen molar-refractivity contribution < 1.29 is 30.6 Å². The van der Waals surface area contributed by atoms with Gasteiger partial charge in [0.2, 0.25) is 5.78 Å². The number of hydrogen-bond acceptors (Lipinski definition) is 6. The minimum absolute atomic E-state index is 0.0796. The van der Waals surface area contributed by atoms with Crippen LogP contribution >= 0.6 is 11.8 Å². The smallest absolute Gasteiger partial charge is 0.375 e. The van der Waals surface area contributed by atoms with Crippen LogP contribution in [-0.4, -0.2) is 36.9 Å². The van der Waals surface area contributed by atoms with Gasteiger partial charge in [0.05, 0.1) is 11.3 Å². The number of ketones is 1. The molecule has 0 bridgehead atoms. The van der Waals surface area contributed by atoms with Gasteiger partial charge >= 0.3 is 15.6 Å². The van der Waals surface area contributed by atoms with Crippen LogP contribution in [0.1, 0.15) is 43.0 Å². The van der Waals surface area contributed by atoms with Gasteiger partial charge < -0.3 is 9.08 Å². The minimum Gasteiger partial charge on any atom is -0.375 e. The Morgan fingerprint density at radius 1 is 1.35 bits per heavy atom. The molecule has 0 N–H and O–H groups in total. The third kappa shape index (κ3) is 2.96. The predicted molar refractivity (Wildman–Crippen MR) is 93.1 cm³/mol. The highest BCUT2D eigenvalue weighted by Gasteiger charge is 2.56. The lowest BCUT2D eigenvalue weighted by Crippen LogP contribution is -2.42. The number of hydrogen-bond donors (Lipinski definition) is 0. The third-order valence-corrected chi connectivity index (χ3v) is 7.08. The molecular weight excluding hydrogens is 391 g/mol. The van der Waals surface area contributed by atoms with Gasteiger partial charge in [-0.2, -0.15) is 21.6 Å². The van der Waals surface area contributed by atoms with Crippen molar-refractivity contribution in [3.63, 3.8) is 0 Å². The lowest BCUT2D eigenvalue weighted by molar-refractivity contribution is -0.0500. The van der Waals surface area contributed by atoms with Crippen LogP contribution in [0.5, 0.6) is 5.75 Å². The summed E-state index contributed by atoms with van der Waals surface area (Å²) in [4.78, 5) is 14.1. The molecule has 0 aliphatic carbocycles. The maximum absolute atomic E-state index is 13.1. The average Bonchev–Trinajstić information content (AvgIpc) is 3.06. The first-order valence-electron chi connectivity index (χ1n) is 8.24. The summed E-state index contributed by atoms with van der Waals surface area (Å²) in [6.45, 7) is 2.62. The first-order valence-corrected chi connectivity index (χ1v) is 10.6. The molecule has 0 saturated carbocycles. The van der Waals surface area contributed by atoms with E-state index in [-0.39, 0.29) is 11.3 Å². The summed E-state index contributed by atoms with van der Waals surface area (Å²) < 4.78 is 65.1. The normalized spacial score (nSPS) is 22.5. The number of carbonyl (C=O) groups excluding carboxylic acids is 1. The molecule has 1 aromatic rings. The van der Waals surface area contributed by atoms with Crippen LogP contribution in [0.15, 0.2) is 18.2 Å². The molecule has 10 heteroatoms. The molecule has 26 heavy (non-hydrogen) atoms. The summed E-state index contributed by atoms with van der Waals surface area (Å²) in [6, 6.07) is 4.11. The van der Waals surface area contributed by atoms with Gasteiger partial charge in [0.25, 0.3) is 0 Å². The Bertz CT molecular complexity index is 825. The number of nitrogens with zero attached hydrogens (tertiary/aromatic N) is 1. The number of rotatable bonds is 6. The number of halogens is 3. The minimum atomic E-state index is -5.84. The number of carbonyl (C=O) groups is 1. The third-order valence-electron chi connectivity index (χ3n) is 4.53. The zero-order valence-electron chi connectivity index (χ0n) is 14.0. The SMILES string of the molecule is CCCCSC12CCCN1c1cccc(OS(=O)(=O)C(F)(F)F)c1C2=O. The van der Waals surface area contributed by atoms with E-state index in [0.29, 0.717) is 18.7 Å². The molecule has 0 spiro atoms. The topological polar surface area (TPSA) is 63.7 Å². The largest absolute Gasteiger partial charge is 0.534 e. The lowest BCUT2D eigenvalue weighted by atomic mass is 10.0. The van der Waals surface area contributed by atoms with Crippen molar-refractivity contribution in [1.29, 1.82) is 0 Å². The quantitative estimate of drug-likeness (QED) is 0.403. The Balaban J connectivity index is 2.00. The van der Waals surface area contributed by atoms with E-state index >= 15 is 0 Å². The average molecular weight is 409 g/mol. The number of Topliss-reactive ketones (excluding diaryl/α,β-unsaturated/α-hetero) is 1. The maximum Gasteiger partial charge on any atom is 0.534 e. The van der Waals surface area contributed by atoms with E-state index in [1.165, 1.54) is 17.8 Å². The summed E-state index contributed by atoms with van der Waals surface area (Å²) in [6.07, 6.45) is 3.23. The summed E-state index contributed by atoms with van der Waals surface area (Å²) >= 11 is 1.47. The van der Waals surface area contributed by atoms with Crippen molar-refractivity contribution in [3.05, 3.63) is 23.8 Å². The molecule has 2 heterocycles. The highest BCUT2D eigenvalue weighted by atomic mass is 32.2. The molecular formula is C16H18F3NO4S2. The van der Waals surface area contributed by atoms with E-state index < -0.39 is 26.2 Å². The molecule has 2 aliphatic heterocycles. The van der Waals surface area contributed by atoms with Crippen LogP contribution in [0.3, 0.4) is 0 Å². The zero-order chi connectivity index (χ0) is 19.2. The molecule has 2 aliphatic rings. The lowest BCUT2D eigenvalue weighted by Gasteiger charge is -2.31. The van der Waals surface area contributed by atoms with Crippen molar-refractivity contribution in [2.24, 2.45) is 0 Å². The molecule has 0 aromatic heterocycles. The number of alkyl halides is 3. The number of fused-ring (bicyclic) bond motifs is 3. The van der Waals surface area contributed by atoms with Crippen molar-refractivity contribution in [1.82, 2.24) is 0 Å². The predicted octanol–water partition coefficient (Wildman–Crippen LogP) is 3.94. The molecule has 0 amide bonds. The fourth-order valence-corrected chi connectivity index (χ4v) is 5.46. The van der Waals surface area contributed by atoms with Gasteiger partial charge in [-0.1, -0.05) is 19.4 Å². The molecule has 0 radical (unpaired) electrons. The first kappa shape index (κ1) is 19.3. The summed E-state index contributed by atoms with van der Waals surface area (Å²) in [5, 5.41) is 0. The second kappa shape index (κ2) is 6.63. The molecule has 1 atom stereocenters. The van der Waals surface area contributed by atoms with E-state index in [0.717, 1.165) is 31.1 Å². The van der Waals surface area contributed by atoms with Gasteiger partial charge in [0.15, 0.2) is 10.6 Å². The van der Waals surface area contributed by atoms with Gasteiger partial charge in [0.1, 0.15) is 0 Å². The molecule has 1 unspecified atom stereocenters. The Morgan fingerprint density at radius 2 is 2.08 bits per heavy atom. The van der Waals surface area contributed by atoms with Gasteiger partial charge in [-0.15, -0.1) is 11.8 Å². The van der Waals surface area contributed by atoms with E-state index in [2.05, 4.69) is 4.18 Å². The van der Waals surface area contributed by atoms with Crippen molar-refractivity contribution in [2.45, 2.75) is 43.0 Å². The van der Waals surface area contributed by atoms with Crippen LogP contribution in [0, 0.1) is 0 Å². The monoisotopic (exact) mass is 409 g/mol. The molecule has 1 fully saturated rings. The van der Waals surface area contributed by atoms with Crippen LogP contribution < -0.4 is 9.08 Å². The molecule has 1 saturated heterocycles. The molecule has 3 rings (SSSR count). The van der Waals surface area contributed by atoms with Crippen LogP contribution in [0.4, 0.5) is 18.9 Å². The Morgan fingerprint density at radius 3 is 2.73 bits per heavy atom. The van der Waals surface area contributed by atoms with Crippen molar-refractivity contribution in [2.75, 3.05) is 17.2 Å². The second-order valence-corrected chi connectivity index (χ2v) is 9.11. The zero-order valence-corrected chi connectivity index (χ0v) is 15.6. The number of thioether (sulfide) groups is 1. The van der Waals surface area contributed by atoms with Crippen LogP contribution in [-0.2, 0) is 10.1 Å². The fraction of sp³-hybridized carbons (Fsp3) is 0.562.